The van der Waals surface area contributed by atoms with Crippen LogP contribution in [0.25, 0.3) is 0 Å². The molecule has 0 fully saturated rings. The SMILES string of the molecule is CCOC(=O)c1c(Cl)c(Cl)n(CCC(C)C)c1CBr. The van der Waals surface area contributed by atoms with Gasteiger partial charge in [-0.05, 0) is 19.3 Å². The van der Waals surface area contributed by atoms with Crippen LogP contribution in [0.2, 0.25) is 10.2 Å². The summed E-state index contributed by atoms with van der Waals surface area (Å²) in [6.07, 6.45) is 0.965. The number of ether oxygens (including phenoxy) is 1. The van der Waals surface area contributed by atoms with E-state index in [1.54, 1.807) is 6.92 Å². The van der Waals surface area contributed by atoms with E-state index in [0.29, 0.717) is 28.6 Å². The van der Waals surface area contributed by atoms with Crippen LogP contribution in [0.4, 0.5) is 0 Å². The summed E-state index contributed by atoms with van der Waals surface area (Å²) in [5.41, 5.74) is 1.14. The van der Waals surface area contributed by atoms with Crippen LogP contribution in [0.15, 0.2) is 0 Å². The van der Waals surface area contributed by atoms with Gasteiger partial charge in [-0.2, -0.15) is 0 Å². The van der Waals surface area contributed by atoms with Gasteiger partial charge in [-0.1, -0.05) is 53.0 Å². The van der Waals surface area contributed by atoms with Crippen molar-refractivity contribution in [3.8, 4) is 0 Å². The lowest BCUT2D eigenvalue weighted by molar-refractivity contribution is 0.0525. The van der Waals surface area contributed by atoms with E-state index in [-0.39, 0.29) is 5.02 Å². The lowest BCUT2D eigenvalue weighted by Gasteiger charge is -2.11. The molecular weight excluding hydrogens is 353 g/mol. The molecule has 0 saturated heterocycles. The standard InChI is InChI=1S/C13H18BrCl2NO2/c1-4-19-13(18)10-9(7-14)17(6-5-8(2)3)12(16)11(10)15/h8H,4-7H2,1-3H3. The monoisotopic (exact) mass is 369 g/mol. The van der Waals surface area contributed by atoms with Gasteiger partial charge in [-0.15, -0.1) is 0 Å². The van der Waals surface area contributed by atoms with Crippen molar-refractivity contribution in [1.29, 1.82) is 0 Å². The van der Waals surface area contributed by atoms with Crippen LogP contribution < -0.4 is 0 Å². The molecule has 0 atom stereocenters. The predicted octanol–water partition coefficient (Wildman–Crippen LogP) is 4.91. The third kappa shape index (κ3) is 3.89. The van der Waals surface area contributed by atoms with Crippen LogP contribution in [0.5, 0.6) is 0 Å². The zero-order valence-electron chi connectivity index (χ0n) is 11.3. The number of carbonyl (C=O) groups excluding carboxylic acids is 1. The normalized spacial score (nSPS) is 11.1. The first-order valence-electron chi connectivity index (χ1n) is 6.23. The summed E-state index contributed by atoms with van der Waals surface area (Å²) >= 11 is 15.8. The molecule has 1 rings (SSSR count). The molecule has 0 aliphatic carbocycles. The zero-order valence-corrected chi connectivity index (χ0v) is 14.4. The van der Waals surface area contributed by atoms with Gasteiger partial charge >= 0.3 is 5.97 Å². The first kappa shape index (κ1) is 16.9. The van der Waals surface area contributed by atoms with Gasteiger partial charge in [0.1, 0.15) is 10.7 Å². The molecule has 1 aromatic heterocycles. The first-order valence-corrected chi connectivity index (χ1v) is 8.11. The van der Waals surface area contributed by atoms with E-state index >= 15 is 0 Å². The maximum Gasteiger partial charge on any atom is 0.341 e. The highest BCUT2D eigenvalue weighted by Crippen LogP contribution is 2.34. The summed E-state index contributed by atoms with van der Waals surface area (Å²) < 4.78 is 6.91. The number of halogens is 3. The topological polar surface area (TPSA) is 31.2 Å². The van der Waals surface area contributed by atoms with Crippen LogP contribution in [0.1, 0.15) is 43.2 Å². The minimum Gasteiger partial charge on any atom is -0.462 e. The van der Waals surface area contributed by atoms with E-state index in [0.717, 1.165) is 18.7 Å². The Morgan fingerprint density at radius 2 is 2.05 bits per heavy atom. The second-order valence-electron chi connectivity index (χ2n) is 4.61. The number of esters is 1. The average molecular weight is 371 g/mol. The second-order valence-corrected chi connectivity index (χ2v) is 5.91. The summed E-state index contributed by atoms with van der Waals surface area (Å²) in [6.45, 7) is 7.08. The molecule has 3 nitrogen and oxygen atoms in total. The number of carbonyl (C=O) groups is 1. The van der Waals surface area contributed by atoms with E-state index in [2.05, 4.69) is 29.8 Å². The molecule has 0 bridgehead atoms. The Morgan fingerprint density at radius 1 is 1.42 bits per heavy atom. The Balaban J connectivity index is 3.18. The number of rotatable bonds is 6. The fourth-order valence-electron chi connectivity index (χ4n) is 1.77. The van der Waals surface area contributed by atoms with Crippen LogP contribution in [0.3, 0.4) is 0 Å². The quantitative estimate of drug-likeness (QED) is 0.526. The molecule has 1 aromatic rings. The second kappa shape index (κ2) is 7.55. The van der Waals surface area contributed by atoms with E-state index in [1.165, 1.54) is 0 Å². The van der Waals surface area contributed by atoms with Crippen LogP contribution in [0, 0.1) is 5.92 Å². The fourth-order valence-corrected chi connectivity index (χ4v) is 2.92. The van der Waals surface area contributed by atoms with Crippen molar-refractivity contribution < 1.29 is 9.53 Å². The first-order chi connectivity index (χ1) is 8.93. The maximum absolute atomic E-state index is 11.9. The van der Waals surface area contributed by atoms with Gasteiger partial charge in [0.2, 0.25) is 0 Å². The Morgan fingerprint density at radius 3 is 2.53 bits per heavy atom. The smallest absolute Gasteiger partial charge is 0.341 e. The summed E-state index contributed by atoms with van der Waals surface area (Å²) in [7, 11) is 0. The van der Waals surface area contributed by atoms with Crippen LogP contribution >= 0.6 is 39.1 Å². The molecule has 0 aliphatic heterocycles. The van der Waals surface area contributed by atoms with E-state index < -0.39 is 5.97 Å². The van der Waals surface area contributed by atoms with Gasteiger partial charge in [-0.25, -0.2) is 4.79 Å². The van der Waals surface area contributed by atoms with Crippen molar-refractivity contribution in [3.05, 3.63) is 21.4 Å². The Labute approximate surface area is 132 Å². The van der Waals surface area contributed by atoms with Crippen molar-refractivity contribution in [2.24, 2.45) is 5.92 Å². The molecule has 1 heterocycles. The molecular formula is C13H18BrCl2NO2. The van der Waals surface area contributed by atoms with Gasteiger partial charge in [0.25, 0.3) is 0 Å². The van der Waals surface area contributed by atoms with E-state index in [4.69, 9.17) is 27.9 Å². The van der Waals surface area contributed by atoms with Crippen molar-refractivity contribution >= 4 is 45.1 Å². The molecule has 0 N–H and O–H groups in total. The highest BCUT2D eigenvalue weighted by Gasteiger charge is 2.25. The highest BCUT2D eigenvalue weighted by molar-refractivity contribution is 9.08. The highest BCUT2D eigenvalue weighted by atomic mass is 79.9. The van der Waals surface area contributed by atoms with Gasteiger partial charge in [0.05, 0.1) is 11.6 Å². The van der Waals surface area contributed by atoms with Gasteiger partial charge < -0.3 is 9.30 Å². The van der Waals surface area contributed by atoms with Gasteiger partial charge in [0.15, 0.2) is 0 Å². The number of alkyl halides is 1. The van der Waals surface area contributed by atoms with Gasteiger partial charge in [-0.3, -0.25) is 0 Å². The third-order valence-electron chi connectivity index (χ3n) is 2.79. The number of hydrogen-bond donors (Lipinski definition) is 0. The number of nitrogens with zero attached hydrogens (tertiary/aromatic N) is 1. The number of hydrogen-bond acceptors (Lipinski definition) is 2. The summed E-state index contributed by atoms with van der Waals surface area (Å²) in [5.74, 6) is 0.124. The van der Waals surface area contributed by atoms with Crippen LogP contribution in [-0.2, 0) is 16.6 Å². The molecule has 19 heavy (non-hydrogen) atoms. The van der Waals surface area contributed by atoms with Gasteiger partial charge in [0, 0.05) is 17.6 Å². The van der Waals surface area contributed by atoms with Crippen molar-refractivity contribution in [1.82, 2.24) is 4.57 Å². The largest absolute Gasteiger partial charge is 0.462 e. The average Bonchev–Trinajstić information content (AvgIpc) is 2.59. The summed E-state index contributed by atoms with van der Waals surface area (Å²) in [5, 5.41) is 1.18. The summed E-state index contributed by atoms with van der Waals surface area (Å²) in [4.78, 5) is 11.9. The maximum atomic E-state index is 11.9. The molecule has 0 amide bonds. The van der Waals surface area contributed by atoms with Crippen molar-refractivity contribution in [3.63, 3.8) is 0 Å². The Kier molecular flexibility index (Phi) is 6.71. The summed E-state index contributed by atoms with van der Waals surface area (Å²) in [6, 6.07) is 0. The molecule has 0 unspecified atom stereocenters. The van der Waals surface area contributed by atoms with Crippen LogP contribution in [-0.4, -0.2) is 17.1 Å². The molecule has 0 aliphatic rings. The minimum atomic E-state index is -0.424. The lowest BCUT2D eigenvalue weighted by Crippen LogP contribution is -2.10. The van der Waals surface area contributed by atoms with Crippen molar-refractivity contribution in [2.45, 2.75) is 39.1 Å². The lowest BCUT2D eigenvalue weighted by atomic mass is 10.1. The molecule has 0 spiro atoms. The van der Waals surface area contributed by atoms with E-state index in [1.807, 2.05) is 4.57 Å². The van der Waals surface area contributed by atoms with Crippen molar-refractivity contribution in [2.75, 3.05) is 6.61 Å². The minimum absolute atomic E-state index is 0.276. The molecule has 0 aromatic carbocycles. The Hall–Kier alpha value is -0.190. The number of aromatic nitrogens is 1. The molecule has 108 valence electrons. The molecule has 0 radical (unpaired) electrons. The molecule has 6 heteroatoms. The molecule has 0 saturated carbocycles. The predicted molar refractivity (Wildman–Crippen MR) is 82.5 cm³/mol. The fraction of sp³-hybridized carbons (Fsp3) is 0.615. The van der Waals surface area contributed by atoms with E-state index in [9.17, 15) is 4.79 Å². The third-order valence-corrected chi connectivity index (χ3v) is 4.18. The Bertz CT molecular complexity index is 458. The zero-order chi connectivity index (χ0) is 14.6.